The van der Waals surface area contributed by atoms with Crippen LogP contribution in [0.4, 0.5) is 0 Å². The van der Waals surface area contributed by atoms with Crippen LogP contribution in [-0.2, 0) is 19.1 Å². The first-order valence-corrected chi connectivity index (χ1v) is 7.64. The number of hydrogen-bond donors (Lipinski definition) is 2. The zero-order valence-corrected chi connectivity index (χ0v) is 13.3. The van der Waals surface area contributed by atoms with E-state index in [0.29, 0.717) is 24.0 Å². The van der Waals surface area contributed by atoms with Gasteiger partial charge in [0.15, 0.2) is 0 Å². The van der Waals surface area contributed by atoms with Gasteiger partial charge in [-0.25, -0.2) is 4.79 Å². The minimum atomic E-state index is -1.12. The predicted octanol–water partition coefficient (Wildman–Crippen LogP) is 1.62. The summed E-state index contributed by atoms with van der Waals surface area (Å²) in [5, 5.41) is 18.2. The number of aldehydes is 1. The second kappa shape index (κ2) is 10.4. The van der Waals surface area contributed by atoms with Crippen molar-refractivity contribution in [2.75, 3.05) is 5.75 Å². The fourth-order valence-corrected chi connectivity index (χ4v) is 2.32. The zero-order chi connectivity index (χ0) is 16.4. The number of aliphatic hydroxyl groups is 1. The maximum absolute atomic E-state index is 11.4. The smallest absolute Gasteiger partial charge is 0.329 e. The van der Waals surface area contributed by atoms with Crippen LogP contribution in [0.1, 0.15) is 33.6 Å². The number of aliphatic hydroxyl groups excluding tert-OH is 1. The van der Waals surface area contributed by atoms with Gasteiger partial charge in [-0.15, -0.1) is 11.8 Å². The molecule has 0 aliphatic carbocycles. The molecule has 0 aliphatic rings. The summed E-state index contributed by atoms with van der Waals surface area (Å²) < 4.78 is 4.96. The lowest BCUT2D eigenvalue weighted by atomic mass is 9.99. The molecule has 0 aromatic heterocycles. The largest absolute Gasteiger partial charge is 0.478 e. The van der Waals surface area contributed by atoms with E-state index in [-0.39, 0.29) is 11.9 Å². The SMILES string of the molecule is CC(C)OC(=O)CS/C(=C\C(=O)O)CC[C@H](C=O)[C@@H](C)O. The number of carbonyl (C=O) groups is 3. The van der Waals surface area contributed by atoms with Crippen molar-refractivity contribution in [2.45, 2.75) is 45.8 Å². The first-order valence-electron chi connectivity index (χ1n) is 6.65. The summed E-state index contributed by atoms with van der Waals surface area (Å²) in [7, 11) is 0. The predicted molar refractivity (Wildman–Crippen MR) is 79.9 cm³/mol. The van der Waals surface area contributed by atoms with E-state index in [2.05, 4.69) is 0 Å². The van der Waals surface area contributed by atoms with Gasteiger partial charge in [-0.1, -0.05) is 0 Å². The van der Waals surface area contributed by atoms with Crippen molar-refractivity contribution in [3.63, 3.8) is 0 Å². The molecule has 0 bridgehead atoms. The molecule has 0 fully saturated rings. The minimum absolute atomic E-state index is 0.0116. The van der Waals surface area contributed by atoms with Gasteiger partial charge in [0.2, 0.25) is 0 Å². The van der Waals surface area contributed by atoms with E-state index in [1.807, 2.05) is 0 Å². The molecule has 0 saturated heterocycles. The summed E-state index contributed by atoms with van der Waals surface area (Å²) in [5.41, 5.74) is 0. The lowest BCUT2D eigenvalue weighted by Crippen LogP contribution is -2.18. The number of carboxylic acid groups (broad SMARTS) is 1. The molecule has 120 valence electrons. The van der Waals surface area contributed by atoms with Gasteiger partial charge >= 0.3 is 11.9 Å². The minimum Gasteiger partial charge on any atom is -0.478 e. The highest BCUT2D eigenvalue weighted by Crippen LogP contribution is 2.24. The molecule has 0 radical (unpaired) electrons. The van der Waals surface area contributed by atoms with E-state index in [1.165, 1.54) is 6.92 Å². The van der Waals surface area contributed by atoms with Crippen LogP contribution in [-0.4, -0.2) is 46.4 Å². The molecule has 0 saturated carbocycles. The van der Waals surface area contributed by atoms with Crippen LogP contribution in [0, 0.1) is 5.92 Å². The Bertz CT molecular complexity index is 389. The van der Waals surface area contributed by atoms with E-state index in [9.17, 15) is 19.5 Å². The van der Waals surface area contributed by atoms with Crippen LogP contribution in [0.25, 0.3) is 0 Å². The summed E-state index contributed by atoms with van der Waals surface area (Å²) in [4.78, 5) is 33.4. The molecular formula is C14H22O6S. The highest BCUT2D eigenvalue weighted by atomic mass is 32.2. The maximum Gasteiger partial charge on any atom is 0.329 e. The summed E-state index contributed by atoms with van der Waals surface area (Å²) in [6.07, 6.45) is 1.29. The second-order valence-electron chi connectivity index (χ2n) is 4.86. The molecule has 0 aliphatic heterocycles. The van der Waals surface area contributed by atoms with Gasteiger partial charge in [0, 0.05) is 12.0 Å². The molecule has 0 unspecified atom stereocenters. The first-order chi connectivity index (χ1) is 9.76. The lowest BCUT2D eigenvalue weighted by molar-refractivity contribution is -0.144. The Morgan fingerprint density at radius 2 is 1.90 bits per heavy atom. The van der Waals surface area contributed by atoms with E-state index < -0.39 is 24.0 Å². The number of ether oxygens (including phenoxy) is 1. The number of allylic oxidation sites excluding steroid dienone is 1. The second-order valence-corrected chi connectivity index (χ2v) is 5.96. The van der Waals surface area contributed by atoms with Crippen molar-refractivity contribution in [3.05, 3.63) is 11.0 Å². The van der Waals surface area contributed by atoms with Crippen molar-refractivity contribution in [3.8, 4) is 0 Å². The third kappa shape index (κ3) is 10.1. The molecule has 0 spiro atoms. The Hall–Kier alpha value is -1.34. The molecular weight excluding hydrogens is 296 g/mol. The molecule has 2 atom stereocenters. The first kappa shape index (κ1) is 19.7. The quantitative estimate of drug-likeness (QED) is 0.358. The molecule has 0 amide bonds. The molecule has 21 heavy (non-hydrogen) atoms. The normalized spacial score (nSPS) is 14.6. The van der Waals surface area contributed by atoms with E-state index in [0.717, 1.165) is 17.8 Å². The van der Waals surface area contributed by atoms with Crippen LogP contribution >= 0.6 is 11.8 Å². The van der Waals surface area contributed by atoms with E-state index in [1.54, 1.807) is 13.8 Å². The molecule has 0 heterocycles. The molecule has 0 aromatic carbocycles. The average molecular weight is 318 g/mol. The fourth-order valence-electron chi connectivity index (χ4n) is 1.50. The van der Waals surface area contributed by atoms with Crippen molar-refractivity contribution < 1.29 is 29.3 Å². The fraction of sp³-hybridized carbons (Fsp3) is 0.643. The van der Waals surface area contributed by atoms with Gasteiger partial charge in [0.25, 0.3) is 0 Å². The Labute approximate surface area is 128 Å². The van der Waals surface area contributed by atoms with Crippen LogP contribution in [0.2, 0.25) is 0 Å². The summed E-state index contributed by atoms with van der Waals surface area (Å²) >= 11 is 1.07. The third-order valence-electron chi connectivity index (χ3n) is 2.55. The van der Waals surface area contributed by atoms with E-state index in [4.69, 9.17) is 9.84 Å². The number of hydrogen-bond acceptors (Lipinski definition) is 6. The van der Waals surface area contributed by atoms with Gasteiger partial charge in [0.05, 0.1) is 18.0 Å². The maximum atomic E-state index is 11.4. The molecule has 7 heteroatoms. The van der Waals surface area contributed by atoms with Gasteiger partial charge in [0.1, 0.15) is 6.29 Å². The zero-order valence-electron chi connectivity index (χ0n) is 12.4. The molecule has 0 rings (SSSR count). The van der Waals surface area contributed by atoms with Crippen LogP contribution in [0.15, 0.2) is 11.0 Å². The number of thioether (sulfide) groups is 1. The highest BCUT2D eigenvalue weighted by Gasteiger charge is 2.16. The number of carbonyl (C=O) groups excluding carboxylic acids is 2. The van der Waals surface area contributed by atoms with Crippen molar-refractivity contribution in [1.29, 1.82) is 0 Å². The van der Waals surface area contributed by atoms with Crippen molar-refractivity contribution in [1.82, 2.24) is 0 Å². The highest BCUT2D eigenvalue weighted by molar-refractivity contribution is 8.03. The summed E-state index contributed by atoms with van der Waals surface area (Å²) in [6, 6.07) is 0. The van der Waals surface area contributed by atoms with E-state index >= 15 is 0 Å². The number of aliphatic carboxylic acids is 1. The molecule has 6 nitrogen and oxygen atoms in total. The van der Waals surface area contributed by atoms with Crippen molar-refractivity contribution in [2.24, 2.45) is 5.92 Å². The summed E-state index contributed by atoms with van der Waals surface area (Å²) in [5.74, 6) is -2.08. The Balaban J connectivity index is 4.51. The third-order valence-corrected chi connectivity index (χ3v) is 3.62. The van der Waals surface area contributed by atoms with Gasteiger partial charge in [-0.2, -0.15) is 0 Å². The average Bonchev–Trinajstić information content (AvgIpc) is 2.34. The molecule has 2 N–H and O–H groups in total. The van der Waals surface area contributed by atoms with Crippen molar-refractivity contribution >= 4 is 30.0 Å². The number of rotatable bonds is 10. The van der Waals surface area contributed by atoms with Crippen LogP contribution in [0.3, 0.4) is 0 Å². The van der Waals surface area contributed by atoms with Gasteiger partial charge in [-0.05, 0) is 38.5 Å². The number of esters is 1. The number of carboxylic acids is 1. The standard InChI is InChI=1S/C14H22O6S/c1-9(2)20-14(19)8-21-12(6-13(17)18)5-4-11(7-15)10(3)16/h6-7,9-11,16H,4-5,8H2,1-3H3,(H,17,18)/b12-6-/t10-,11-/m1/s1. The Morgan fingerprint density at radius 1 is 1.29 bits per heavy atom. The van der Waals surface area contributed by atoms with Crippen LogP contribution < -0.4 is 0 Å². The monoisotopic (exact) mass is 318 g/mol. The summed E-state index contributed by atoms with van der Waals surface area (Å²) in [6.45, 7) is 4.97. The van der Waals surface area contributed by atoms with Crippen LogP contribution in [0.5, 0.6) is 0 Å². The molecule has 0 aromatic rings. The van der Waals surface area contributed by atoms with Gasteiger partial charge in [-0.3, -0.25) is 4.79 Å². The Kier molecular flexibility index (Phi) is 9.73. The Morgan fingerprint density at radius 3 is 2.33 bits per heavy atom. The lowest BCUT2D eigenvalue weighted by Gasteiger charge is -2.14. The van der Waals surface area contributed by atoms with Gasteiger partial charge < -0.3 is 19.7 Å². The topological polar surface area (TPSA) is 101 Å².